The smallest absolute Gasteiger partial charge is 0.414 e. The Hall–Kier alpha value is -4.61. The van der Waals surface area contributed by atoms with Crippen LogP contribution < -0.4 is 19.7 Å². The van der Waals surface area contributed by atoms with Gasteiger partial charge >= 0.3 is 12.1 Å². The zero-order chi connectivity index (χ0) is 29.9. The molecule has 1 aliphatic heterocycles. The summed E-state index contributed by atoms with van der Waals surface area (Å²) in [6.45, 7) is 7.65. The molecule has 2 aromatic carbocycles. The van der Waals surface area contributed by atoms with Crippen LogP contribution in [0.1, 0.15) is 66.2 Å². The molecule has 0 fully saturated rings. The van der Waals surface area contributed by atoms with Crippen molar-refractivity contribution in [2.75, 3.05) is 25.2 Å². The summed E-state index contributed by atoms with van der Waals surface area (Å²) < 4.78 is 31.5. The second-order valence-corrected chi connectivity index (χ2v) is 10.4. The average Bonchev–Trinajstić information content (AvgIpc) is 3.31. The topological polar surface area (TPSA) is 132 Å². The molecule has 0 bridgehead atoms. The number of ether oxygens (including phenoxy) is 3. The lowest BCUT2D eigenvalue weighted by molar-refractivity contribution is 0.0577. The number of aryl methyl sites for hydroxylation is 1. The summed E-state index contributed by atoms with van der Waals surface area (Å²) in [5, 5.41) is 17.5. The number of aromatic nitrogens is 2. The maximum absolute atomic E-state index is 13.7. The van der Waals surface area contributed by atoms with E-state index in [0.29, 0.717) is 42.1 Å². The number of carbonyl (C=O) groups is 3. The number of carboxylic acid groups (broad SMARTS) is 1. The normalized spacial score (nSPS) is 12.9. The minimum atomic E-state index is -1.27. The van der Waals surface area contributed by atoms with Crippen LogP contribution in [0, 0.1) is 5.82 Å². The van der Waals surface area contributed by atoms with Gasteiger partial charge in [-0.05, 0) is 76.4 Å². The number of carbonyl (C=O) groups excluding carboxylic acids is 2. The Morgan fingerprint density at radius 2 is 1.88 bits per heavy atom. The van der Waals surface area contributed by atoms with Gasteiger partial charge in [0.2, 0.25) is 0 Å². The number of anilines is 1. The van der Waals surface area contributed by atoms with Gasteiger partial charge in [0.1, 0.15) is 34.3 Å². The fourth-order valence-electron chi connectivity index (χ4n) is 4.54. The number of carboxylic acids is 1. The number of amides is 2. The number of aromatic carboxylic acids is 1. The molecule has 0 unspecified atom stereocenters. The number of rotatable bonds is 8. The molecule has 0 radical (unpaired) electrons. The highest BCUT2D eigenvalue weighted by atomic mass is 19.1. The summed E-state index contributed by atoms with van der Waals surface area (Å²) in [5.41, 5.74) is 0.752. The maximum Gasteiger partial charge on any atom is 0.414 e. The molecule has 0 aliphatic carbocycles. The van der Waals surface area contributed by atoms with Crippen molar-refractivity contribution in [3.8, 4) is 17.2 Å². The van der Waals surface area contributed by atoms with Crippen LogP contribution in [-0.2, 0) is 17.7 Å². The van der Waals surface area contributed by atoms with Gasteiger partial charge in [-0.2, -0.15) is 5.10 Å². The highest BCUT2D eigenvalue weighted by molar-refractivity contribution is 6.00. The molecule has 4 rings (SSSR count). The van der Waals surface area contributed by atoms with Crippen molar-refractivity contribution < 1.29 is 38.1 Å². The molecule has 2 N–H and O–H groups in total. The monoisotopic (exact) mass is 568 g/mol. The Kier molecular flexibility index (Phi) is 8.50. The SMILES string of the molecule is CCOc1cc(CNC(=O)c2cc(F)ccc2OC)ccc1-n1nc2c(c1C(=O)O)N(C(=O)OC(C)(C)C)CCC2. The largest absolute Gasteiger partial charge is 0.496 e. The Balaban J connectivity index is 1.68. The molecule has 3 aromatic rings. The standard InChI is InChI=1S/C29H33FN4O7/c1-6-40-23-14-17(16-31-26(35)19-15-18(30)10-12-22(19)39-5)9-11-21(23)34-25(27(36)37)24-20(32-34)8-7-13-33(24)28(38)41-29(2,3)4/h9-12,14-15H,6-8,13,16H2,1-5H3,(H,31,35)(H,36,37). The molecule has 1 aliphatic rings. The average molecular weight is 569 g/mol. The number of methoxy groups -OCH3 is 1. The van der Waals surface area contributed by atoms with Gasteiger partial charge in [0.25, 0.3) is 5.91 Å². The van der Waals surface area contributed by atoms with Crippen molar-refractivity contribution in [3.63, 3.8) is 0 Å². The Labute approximate surface area is 236 Å². The predicted molar refractivity (Wildman–Crippen MR) is 148 cm³/mol. The van der Waals surface area contributed by atoms with Crippen LogP contribution in [0.5, 0.6) is 11.5 Å². The molecular weight excluding hydrogens is 535 g/mol. The summed E-state index contributed by atoms with van der Waals surface area (Å²) in [6.07, 6.45) is 0.432. The van der Waals surface area contributed by atoms with Gasteiger partial charge in [-0.25, -0.2) is 18.7 Å². The van der Waals surface area contributed by atoms with E-state index in [4.69, 9.17) is 14.2 Å². The van der Waals surface area contributed by atoms with E-state index in [1.54, 1.807) is 45.9 Å². The van der Waals surface area contributed by atoms with Crippen LogP contribution in [-0.4, -0.2) is 58.7 Å². The van der Waals surface area contributed by atoms with Crippen LogP contribution >= 0.6 is 0 Å². The zero-order valence-corrected chi connectivity index (χ0v) is 23.6. The first-order valence-corrected chi connectivity index (χ1v) is 13.2. The number of fused-ring (bicyclic) bond motifs is 1. The highest BCUT2D eigenvalue weighted by Gasteiger charge is 2.36. The molecule has 0 spiro atoms. The molecule has 0 atom stereocenters. The van der Waals surface area contributed by atoms with Crippen molar-refractivity contribution in [3.05, 3.63) is 64.7 Å². The zero-order valence-electron chi connectivity index (χ0n) is 23.6. The molecule has 2 heterocycles. The molecule has 1 aromatic heterocycles. The van der Waals surface area contributed by atoms with Crippen LogP contribution in [0.3, 0.4) is 0 Å². The molecule has 11 nitrogen and oxygen atoms in total. The summed E-state index contributed by atoms with van der Waals surface area (Å²) in [5.74, 6) is -1.80. The number of halogens is 1. The van der Waals surface area contributed by atoms with Crippen molar-refractivity contribution in [2.24, 2.45) is 0 Å². The van der Waals surface area contributed by atoms with E-state index in [1.807, 2.05) is 0 Å². The van der Waals surface area contributed by atoms with Crippen molar-refractivity contribution >= 4 is 23.7 Å². The third-order valence-corrected chi connectivity index (χ3v) is 6.22. The number of hydrogen-bond acceptors (Lipinski definition) is 7. The molecule has 0 saturated heterocycles. The fraction of sp³-hybridized carbons (Fsp3) is 0.379. The second-order valence-electron chi connectivity index (χ2n) is 10.4. The predicted octanol–water partition coefficient (Wildman–Crippen LogP) is 4.73. The van der Waals surface area contributed by atoms with Gasteiger partial charge in [-0.1, -0.05) is 6.07 Å². The van der Waals surface area contributed by atoms with E-state index in [1.165, 1.54) is 28.8 Å². The van der Waals surface area contributed by atoms with E-state index in [9.17, 15) is 23.9 Å². The first kappa shape index (κ1) is 29.4. The fourth-order valence-corrected chi connectivity index (χ4v) is 4.54. The van der Waals surface area contributed by atoms with E-state index in [2.05, 4.69) is 10.4 Å². The second kappa shape index (κ2) is 11.9. The van der Waals surface area contributed by atoms with E-state index >= 15 is 0 Å². The quantitative estimate of drug-likeness (QED) is 0.399. The molecule has 41 heavy (non-hydrogen) atoms. The first-order chi connectivity index (χ1) is 19.4. The van der Waals surface area contributed by atoms with E-state index < -0.39 is 29.4 Å². The number of nitrogens with zero attached hydrogens (tertiary/aromatic N) is 3. The lowest BCUT2D eigenvalue weighted by Gasteiger charge is -2.29. The van der Waals surface area contributed by atoms with Crippen molar-refractivity contribution in [1.82, 2.24) is 15.1 Å². The van der Waals surface area contributed by atoms with Gasteiger partial charge in [0, 0.05) is 13.1 Å². The summed E-state index contributed by atoms with van der Waals surface area (Å²) in [7, 11) is 1.39. The third-order valence-electron chi connectivity index (χ3n) is 6.22. The molecule has 218 valence electrons. The molecule has 2 amide bonds. The van der Waals surface area contributed by atoms with Crippen molar-refractivity contribution in [1.29, 1.82) is 0 Å². The minimum Gasteiger partial charge on any atom is -0.496 e. The lowest BCUT2D eigenvalue weighted by atomic mass is 10.1. The van der Waals surface area contributed by atoms with Gasteiger partial charge < -0.3 is 24.6 Å². The molecule has 12 heteroatoms. The maximum atomic E-state index is 13.7. The number of nitrogens with one attached hydrogen (secondary N) is 1. The Morgan fingerprint density at radius 1 is 1.12 bits per heavy atom. The Morgan fingerprint density at radius 3 is 2.54 bits per heavy atom. The van der Waals surface area contributed by atoms with Gasteiger partial charge in [0.15, 0.2) is 5.69 Å². The van der Waals surface area contributed by atoms with Crippen LogP contribution in [0.2, 0.25) is 0 Å². The lowest BCUT2D eigenvalue weighted by Crippen LogP contribution is -2.40. The van der Waals surface area contributed by atoms with E-state index in [0.717, 1.165) is 6.07 Å². The third kappa shape index (κ3) is 6.42. The molecular formula is C29H33FN4O7. The Bertz CT molecular complexity index is 1480. The summed E-state index contributed by atoms with van der Waals surface area (Å²) >= 11 is 0. The van der Waals surface area contributed by atoms with Crippen LogP contribution in [0.25, 0.3) is 5.69 Å². The summed E-state index contributed by atoms with van der Waals surface area (Å²) in [4.78, 5) is 39.6. The van der Waals surface area contributed by atoms with Gasteiger partial charge in [-0.3, -0.25) is 9.69 Å². The van der Waals surface area contributed by atoms with Crippen LogP contribution in [0.15, 0.2) is 36.4 Å². The van der Waals surface area contributed by atoms with Crippen LogP contribution in [0.4, 0.5) is 14.9 Å². The van der Waals surface area contributed by atoms with Gasteiger partial charge in [-0.15, -0.1) is 0 Å². The van der Waals surface area contributed by atoms with Crippen molar-refractivity contribution in [2.45, 2.75) is 52.7 Å². The van der Waals surface area contributed by atoms with Gasteiger partial charge in [0.05, 0.1) is 25.0 Å². The minimum absolute atomic E-state index is 0.0527. The molecule has 0 saturated carbocycles. The first-order valence-electron chi connectivity index (χ1n) is 13.2. The number of hydrogen-bond donors (Lipinski definition) is 2. The number of benzene rings is 2. The highest BCUT2D eigenvalue weighted by Crippen LogP contribution is 2.36. The van der Waals surface area contributed by atoms with E-state index in [-0.39, 0.29) is 35.8 Å². The summed E-state index contributed by atoms with van der Waals surface area (Å²) in [6, 6.07) is 8.67.